The monoisotopic (exact) mass is 218 g/mol. The van der Waals surface area contributed by atoms with E-state index in [-0.39, 0.29) is 0 Å². The average Bonchev–Trinajstić information content (AvgIpc) is 2.35. The molecule has 0 saturated carbocycles. The molecule has 2 heteroatoms. The first-order valence-corrected chi connectivity index (χ1v) is 5.99. The predicted molar refractivity (Wildman–Crippen MR) is 69.5 cm³/mol. The van der Waals surface area contributed by atoms with Gasteiger partial charge in [-0.2, -0.15) is 0 Å². The summed E-state index contributed by atoms with van der Waals surface area (Å²) in [6.07, 6.45) is 8.13. The first kappa shape index (κ1) is 12.9. The van der Waals surface area contributed by atoms with E-state index in [1.54, 1.807) is 0 Å². The third-order valence-corrected chi connectivity index (χ3v) is 2.95. The highest BCUT2D eigenvalue weighted by molar-refractivity contribution is 5.09. The molecule has 1 rings (SSSR count). The van der Waals surface area contributed by atoms with E-state index in [4.69, 9.17) is 0 Å². The van der Waals surface area contributed by atoms with Gasteiger partial charge in [0, 0.05) is 18.4 Å². The van der Waals surface area contributed by atoms with Crippen LogP contribution in [0.5, 0.6) is 0 Å². The van der Waals surface area contributed by atoms with Crippen molar-refractivity contribution < 1.29 is 0 Å². The van der Waals surface area contributed by atoms with E-state index in [2.05, 4.69) is 29.9 Å². The third-order valence-electron chi connectivity index (χ3n) is 2.95. The number of hydrogen-bond donors (Lipinski definition) is 1. The zero-order chi connectivity index (χ0) is 11.8. The van der Waals surface area contributed by atoms with Crippen LogP contribution in [0.1, 0.15) is 31.7 Å². The molecule has 0 amide bonds. The fourth-order valence-electron chi connectivity index (χ4n) is 1.73. The van der Waals surface area contributed by atoms with Crippen LogP contribution in [0.3, 0.4) is 0 Å². The molecule has 1 N–H and O–H groups in total. The lowest BCUT2D eigenvalue weighted by atomic mass is 9.99. The van der Waals surface area contributed by atoms with Gasteiger partial charge in [0.2, 0.25) is 0 Å². The minimum absolute atomic E-state index is 0.535. The topological polar surface area (TPSA) is 24.9 Å². The molecule has 1 aromatic heterocycles. The zero-order valence-corrected chi connectivity index (χ0v) is 10.4. The van der Waals surface area contributed by atoms with Crippen LogP contribution in [0.2, 0.25) is 0 Å². The summed E-state index contributed by atoms with van der Waals surface area (Å²) in [5.41, 5.74) is 2.63. The van der Waals surface area contributed by atoms with Gasteiger partial charge in [-0.3, -0.25) is 4.98 Å². The fraction of sp³-hybridized carbons (Fsp3) is 0.500. The second kappa shape index (κ2) is 7.18. The molecule has 88 valence electrons. The molecule has 16 heavy (non-hydrogen) atoms. The minimum atomic E-state index is 0.535. The Hall–Kier alpha value is -1.15. The Balaban J connectivity index is 2.37. The number of nitrogens with zero attached hydrogens (tertiary/aromatic N) is 1. The molecule has 0 spiro atoms. The average molecular weight is 218 g/mol. The second-order valence-electron chi connectivity index (χ2n) is 4.19. The quantitative estimate of drug-likeness (QED) is 0.712. The molecule has 1 aromatic rings. The summed E-state index contributed by atoms with van der Waals surface area (Å²) < 4.78 is 0. The Morgan fingerprint density at radius 2 is 2.38 bits per heavy atom. The number of aryl methyl sites for hydroxylation is 1. The van der Waals surface area contributed by atoms with E-state index in [0.717, 1.165) is 25.7 Å². The van der Waals surface area contributed by atoms with Gasteiger partial charge >= 0.3 is 0 Å². The number of rotatable bonds is 7. The zero-order valence-electron chi connectivity index (χ0n) is 10.4. The Bertz CT molecular complexity index is 306. The van der Waals surface area contributed by atoms with Gasteiger partial charge in [-0.1, -0.05) is 25.1 Å². The van der Waals surface area contributed by atoms with Crippen LogP contribution in [-0.2, 0) is 6.42 Å². The van der Waals surface area contributed by atoms with Gasteiger partial charge in [-0.15, -0.1) is 0 Å². The van der Waals surface area contributed by atoms with Crippen molar-refractivity contribution in [3.63, 3.8) is 0 Å². The highest BCUT2D eigenvalue weighted by Gasteiger charge is 2.07. The van der Waals surface area contributed by atoms with Gasteiger partial charge in [0.15, 0.2) is 0 Å². The summed E-state index contributed by atoms with van der Waals surface area (Å²) in [4.78, 5) is 4.13. The molecule has 0 aromatic carbocycles. The van der Waals surface area contributed by atoms with Crippen molar-refractivity contribution >= 4 is 0 Å². The largest absolute Gasteiger partial charge is 0.317 e. The molecule has 0 aliphatic carbocycles. The molecule has 0 fully saturated rings. The van der Waals surface area contributed by atoms with Crippen molar-refractivity contribution in [2.75, 3.05) is 7.05 Å². The van der Waals surface area contributed by atoms with Crippen molar-refractivity contribution in [1.29, 1.82) is 0 Å². The van der Waals surface area contributed by atoms with Gasteiger partial charge in [-0.05, 0) is 44.4 Å². The van der Waals surface area contributed by atoms with E-state index in [0.29, 0.717) is 6.04 Å². The standard InChI is InChI=1S/C14H22N2/c1-4-12(2)10-14(15-3)8-7-13-6-5-9-16-11-13/h5-6,9,11,14-15H,2,4,7-8,10H2,1,3H3. The molecule has 2 nitrogen and oxygen atoms in total. The molecule has 0 bridgehead atoms. The summed E-state index contributed by atoms with van der Waals surface area (Å²) in [5, 5.41) is 3.36. The lowest BCUT2D eigenvalue weighted by Crippen LogP contribution is -2.26. The minimum Gasteiger partial charge on any atom is -0.317 e. The van der Waals surface area contributed by atoms with Crippen LogP contribution in [0.4, 0.5) is 0 Å². The lowest BCUT2D eigenvalue weighted by Gasteiger charge is -2.16. The van der Waals surface area contributed by atoms with Gasteiger partial charge in [0.25, 0.3) is 0 Å². The molecule has 0 saturated heterocycles. The molecule has 1 heterocycles. The molecular weight excluding hydrogens is 196 g/mol. The summed E-state index contributed by atoms with van der Waals surface area (Å²) in [6, 6.07) is 4.66. The van der Waals surface area contributed by atoms with Crippen molar-refractivity contribution in [3.05, 3.63) is 42.2 Å². The molecule has 1 unspecified atom stereocenters. The molecule has 0 aliphatic rings. The maximum Gasteiger partial charge on any atom is 0.0299 e. The number of aromatic nitrogens is 1. The highest BCUT2D eigenvalue weighted by Crippen LogP contribution is 2.12. The van der Waals surface area contributed by atoms with Gasteiger partial charge in [-0.25, -0.2) is 0 Å². The van der Waals surface area contributed by atoms with Crippen molar-refractivity contribution in [3.8, 4) is 0 Å². The molecular formula is C14H22N2. The van der Waals surface area contributed by atoms with E-state index >= 15 is 0 Å². The molecule has 0 aliphatic heterocycles. The Labute approximate surface area is 98.8 Å². The van der Waals surface area contributed by atoms with E-state index in [9.17, 15) is 0 Å². The van der Waals surface area contributed by atoms with Crippen LogP contribution in [0, 0.1) is 0 Å². The van der Waals surface area contributed by atoms with Crippen LogP contribution in [0.25, 0.3) is 0 Å². The number of pyridine rings is 1. The van der Waals surface area contributed by atoms with Crippen molar-refractivity contribution in [1.82, 2.24) is 10.3 Å². The van der Waals surface area contributed by atoms with Crippen molar-refractivity contribution in [2.45, 2.75) is 38.6 Å². The number of hydrogen-bond acceptors (Lipinski definition) is 2. The Morgan fingerprint density at radius 1 is 1.56 bits per heavy atom. The Morgan fingerprint density at radius 3 is 2.94 bits per heavy atom. The summed E-state index contributed by atoms with van der Waals surface area (Å²) in [7, 11) is 2.02. The summed E-state index contributed by atoms with van der Waals surface area (Å²) in [6.45, 7) is 6.23. The first-order chi connectivity index (χ1) is 7.76. The van der Waals surface area contributed by atoms with E-state index in [1.807, 2.05) is 25.5 Å². The first-order valence-electron chi connectivity index (χ1n) is 5.99. The van der Waals surface area contributed by atoms with E-state index < -0.39 is 0 Å². The second-order valence-corrected chi connectivity index (χ2v) is 4.19. The molecule has 1 atom stereocenters. The van der Waals surface area contributed by atoms with E-state index in [1.165, 1.54) is 11.1 Å². The lowest BCUT2D eigenvalue weighted by molar-refractivity contribution is 0.514. The number of nitrogens with one attached hydrogen (secondary N) is 1. The van der Waals surface area contributed by atoms with Gasteiger partial charge in [0.05, 0.1) is 0 Å². The molecule has 0 radical (unpaired) electrons. The highest BCUT2D eigenvalue weighted by atomic mass is 14.9. The maximum atomic E-state index is 4.13. The summed E-state index contributed by atoms with van der Waals surface area (Å²) >= 11 is 0. The fourth-order valence-corrected chi connectivity index (χ4v) is 1.73. The van der Waals surface area contributed by atoms with Crippen molar-refractivity contribution in [2.24, 2.45) is 0 Å². The SMILES string of the molecule is C=C(CC)CC(CCc1cccnc1)NC. The van der Waals surface area contributed by atoms with Crippen LogP contribution < -0.4 is 5.32 Å². The third kappa shape index (κ3) is 4.58. The van der Waals surface area contributed by atoms with Crippen LogP contribution >= 0.6 is 0 Å². The summed E-state index contributed by atoms with van der Waals surface area (Å²) in [5.74, 6) is 0. The van der Waals surface area contributed by atoms with Crippen LogP contribution in [0.15, 0.2) is 36.7 Å². The maximum absolute atomic E-state index is 4.13. The van der Waals surface area contributed by atoms with Crippen LogP contribution in [-0.4, -0.2) is 18.1 Å². The predicted octanol–water partition coefficient (Wildman–Crippen LogP) is 2.96. The normalized spacial score (nSPS) is 12.4. The van der Waals surface area contributed by atoms with Gasteiger partial charge in [0.1, 0.15) is 0 Å². The Kier molecular flexibility index (Phi) is 5.79. The smallest absolute Gasteiger partial charge is 0.0299 e. The van der Waals surface area contributed by atoms with Gasteiger partial charge < -0.3 is 5.32 Å².